The number of aliphatic hydroxyl groups excluding tert-OH is 1. The molecule has 4 heteroatoms. The van der Waals surface area contributed by atoms with Gasteiger partial charge in [0, 0.05) is 22.4 Å². The summed E-state index contributed by atoms with van der Waals surface area (Å²) in [6.07, 6.45) is 4.66. The van der Waals surface area contributed by atoms with Crippen LogP contribution in [0.25, 0.3) is 0 Å². The van der Waals surface area contributed by atoms with Gasteiger partial charge in [-0.3, -0.25) is 0 Å². The van der Waals surface area contributed by atoms with E-state index in [1.807, 2.05) is 30.0 Å². The monoisotopic (exact) mass is 313 g/mol. The fourth-order valence-electron chi connectivity index (χ4n) is 2.28. The van der Waals surface area contributed by atoms with Crippen molar-refractivity contribution in [3.8, 4) is 0 Å². The Morgan fingerprint density at radius 2 is 2.15 bits per heavy atom. The zero-order valence-electron chi connectivity index (χ0n) is 12.1. The molecule has 1 unspecified atom stereocenters. The molecule has 0 spiro atoms. The maximum Gasteiger partial charge on any atom is 0.0610 e. The molecule has 1 fully saturated rings. The van der Waals surface area contributed by atoms with Crippen LogP contribution in [0.1, 0.15) is 38.2 Å². The van der Waals surface area contributed by atoms with Gasteiger partial charge in [-0.25, -0.2) is 0 Å². The number of aliphatic hydroxyl groups is 1. The maximum absolute atomic E-state index is 9.55. The van der Waals surface area contributed by atoms with Crippen LogP contribution < -0.4 is 5.32 Å². The standard InChI is InChI=1S/C16H24ClNOS/c1-16(12-19,18-14-7-8-14)9-4-10-20-11-13-5-2-3-6-15(13)17/h2-3,5-6,14,18-19H,4,7-12H2,1H3. The lowest BCUT2D eigenvalue weighted by Crippen LogP contribution is -2.46. The van der Waals surface area contributed by atoms with Crippen molar-refractivity contribution in [3.05, 3.63) is 34.9 Å². The lowest BCUT2D eigenvalue weighted by atomic mass is 9.97. The first-order chi connectivity index (χ1) is 9.63. The van der Waals surface area contributed by atoms with Crippen molar-refractivity contribution in [2.45, 2.75) is 49.9 Å². The number of rotatable bonds is 9. The van der Waals surface area contributed by atoms with E-state index < -0.39 is 0 Å². The van der Waals surface area contributed by atoms with Crippen molar-refractivity contribution in [1.82, 2.24) is 5.32 Å². The molecule has 0 aromatic heterocycles. The third kappa shape index (κ3) is 5.28. The highest BCUT2D eigenvalue weighted by Crippen LogP contribution is 2.26. The number of thioether (sulfide) groups is 1. The van der Waals surface area contributed by atoms with E-state index in [9.17, 15) is 5.11 Å². The van der Waals surface area contributed by atoms with Gasteiger partial charge in [0.1, 0.15) is 0 Å². The molecular weight excluding hydrogens is 290 g/mol. The van der Waals surface area contributed by atoms with E-state index in [-0.39, 0.29) is 12.1 Å². The minimum atomic E-state index is -0.105. The van der Waals surface area contributed by atoms with Gasteiger partial charge >= 0.3 is 0 Å². The van der Waals surface area contributed by atoms with Crippen molar-refractivity contribution < 1.29 is 5.11 Å². The Bertz CT molecular complexity index is 425. The van der Waals surface area contributed by atoms with Crippen LogP contribution in [0.5, 0.6) is 0 Å². The van der Waals surface area contributed by atoms with Crippen LogP contribution in [0, 0.1) is 0 Å². The lowest BCUT2D eigenvalue weighted by Gasteiger charge is -2.29. The van der Waals surface area contributed by atoms with Crippen molar-refractivity contribution in [1.29, 1.82) is 0 Å². The van der Waals surface area contributed by atoms with Crippen molar-refractivity contribution in [2.75, 3.05) is 12.4 Å². The summed E-state index contributed by atoms with van der Waals surface area (Å²) in [7, 11) is 0. The molecule has 2 nitrogen and oxygen atoms in total. The van der Waals surface area contributed by atoms with Gasteiger partial charge in [-0.1, -0.05) is 29.8 Å². The highest BCUT2D eigenvalue weighted by molar-refractivity contribution is 7.98. The van der Waals surface area contributed by atoms with Gasteiger partial charge < -0.3 is 10.4 Å². The first kappa shape index (κ1) is 16.2. The molecule has 0 amide bonds. The lowest BCUT2D eigenvalue weighted by molar-refractivity contribution is 0.163. The molecule has 112 valence electrons. The van der Waals surface area contributed by atoms with Gasteiger partial charge in [-0.05, 0) is 50.0 Å². The second-order valence-corrected chi connectivity index (χ2v) is 7.40. The SMILES string of the molecule is CC(CO)(CCCSCc1ccccc1Cl)NC1CC1. The number of nitrogens with one attached hydrogen (secondary N) is 1. The van der Waals surface area contributed by atoms with Gasteiger partial charge in [0.05, 0.1) is 6.61 Å². The Labute approximate surface area is 131 Å². The van der Waals surface area contributed by atoms with Gasteiger partial charge in [0.2, 0.25) is 0 Å². The van der Waals surface area contributed by atoms with E-state index in [0.717, 1.165) is 29.4 Å². The summed E-state index contributed by atoms with van der Waals surface area (Å²) in [6.45, 7) is 2.35. The molecule has 0 bridgehead atoms. The minimum Gasteiger partial charge on any atom is -0.394 e. The molecule has 1 aliphatic carbocycles. The fourth-order valence-corrected chi connectivity index (χ4v) is 3.53. The first-order valence-electron chi connectivity index (χ1n) is 7.33. The second kappa shape index (κ2) is 7.69. The summed E-state index contributed by atoms with van der Waals surface area (Å²) in [5.74, 6) is 2.07. The highest BCUT2D eigenvalue weighted by atomic mass is 35.5. The predicted octanol–water partition coefficient (Wildman–Crippen LogP) is 3.86. The van der Waals surface area contributed by atoms with Crippen LogP contribution in [0.15, 0.2) is 24.3 Å². The largest absolute Gasteiger partial charge is 0.394 e. The normalized spacial score (nSPS) is 17.9. The average Bonchev–Trinajstić information content (AvgIpc) is 3.24. The minimum absolute atomic E-state index is 0.105. The van der Waals surface area contributed by atoms with Crippen LogP contribution in [-0.4, -0.2) is 29.0 Å². The molecule has 1 aromatic rings. The quantitative estimate of drug-likeness (QED) is 0.679. The Kier molecular flexibility index (Phi) is 6.21. The summed E-state index contributed by atoms with van der Waals surface area (Å²) in [5.41, 5.74) is 1.10. The maximum atomic E-state index is 9.55. The van der Waals surface area contributed by atoms with Gasteiger partial charge in [-0.15, -0.1) is 0 Å². The average molecular weight is 314 g/mol. The molecule has 0 saturated heterocycles. The third-order valence-electron chi connectivity index (χ3n) is 3.71. The second-order valence-electron chi connectivity index (χ2n) is 5.88. The van der Waals surface area contributed by atoms with Crippen LogP contribution in [0.3, 0.4) is 0 Å². The topological polar surface area (TPSA) is 32.3 Å². The van der Waals surface area contributed by atoms with Crippen molar-refractivity contribution >= 4 is 23.4 Å². The van der Waals surface area contributed by atoms with Crippen LogP contribution in [-0.2, 0) is 5.75 Å². The van der Waals surface area contributed by atoms with Crippen molar-refractivity contribution in [2.24, 2.45) is 0 Å². The molecule has 0 aliphatic heterocycles. The summed E-state index contributed by atoms with van der Waals surface area (Å²) in [5, 5.41) is 14.0. The molecule has 1 saturated carbocycles. The molecule has 1 aliphatic rings. The fraction of sp³-hybridized carbons (Fsp3) is 0.625. The molecule has 20 heavy (non-hydrogen) atoms. The molecule has 2 rings (SSSR count). The van der Waals surface area contributed by atoms with E-state index in [1.165, 1.54) is 18.4 Å². The predicted molar refractivity (Wildman–Crippen MR) is 88.5 cm³/mol. The summed E-state index contributed by atoms with van der Waals surface area (Å²) >= 11 is 8.05. The van der Waals surface area contributed by atoms with E-state index in [1.54, 1.807) is 0 Å². The zero-order chi connectivity index (χ0) is 14.4. The van der Waals surface area contributed by atoms with Crippen LogP contribution >= 0.6 is 23.4 Å². The third-order valence-corrected chi connectivity index (χ3v) is 5.17. The van der Waals surface area contributed by atoms with E-state index >= 15 is 0 Å². The molecule has 0 heterocycles. The number of hydrogen-bond acceptors (Lipinski definition) is 3. The Morgan fingerprint density at radius 3 is 2.80 bits per heavy atom. The van der Waals surface area contributed by atoms with E-state index in [2.05, 4.69) is 18.3 Å². The summed E-state index contributed by atoms with van der Waals surface area (Å²) < 4.78 is 0. The molecule has 1 atom stereocenters. The number of halogens is 1. The van der Waals surface area contributed by atoms with Gasteiger partial charge in [-0.2, -0.15) is 11.8 Å². The number of benzene rings is 1. The molecular formula is C16H24ClNOS. The Hall–Kier alpha value is -0.220. The van der Waals surface area contributed by atoms with Crippen LogP contribution in [0.2, 0.25) is 5.02 Å². The van der Waals surface area contributed by atoms with Crippen LogP contribution in [0.4, 0.5) is 0 Å². The zero-order valence-corrected chi connectivity index (χ0v) is 13.6. The molecule has 1 aromatic carbocycles. The molecule has 0 radical (unpaired) electrons. The van der Waals surface area contributed by atoms with E-state index in [4.69, 9.17) is 11.6 Å². The Morgan fingerprint density at radius 1 is 1.40 bits per heavy atom. The summed E-state index contributed by atoms with van der Waals surface area (Å²) in [4.78, 5) is 0. The summed E-state index contributed by atoms with van der Waals surface area (Å²) in [6, 6.07) is 8.67. The molecule has 2 N–H and O–H groups in total. The highest BCUT2D eigenvalue weighted by Gasteiger charge is 2.31. The number of hydrogen-bond donors (Lipinski definition) is 2. The van der Waals surface area contributed by atoms with Crippen molar-refractivity contribution in [3.63, 3.8) is 0 Å². The smallest absolute Gasteiger partial charge is 0.0610 e. The van der Waals surface area contributed by atoms with Gasteiger partial charge in [0.25, 0.3) is 0 Å². The first-order valence-corrected chi connectivity index (χ1v) is 8.86. The van der Waals surface area contributed by atoms with Gasteiger partial charge in [0.15, 0.2) is 0 Å². The van der Waals surface area contributed by atoms with E-state index in [0.29, 0.717) is 6.04 Å². The Balaban J connectivity index is 1.64.